The van der Waals surface area contributed by atoms with Gasteiger partial charge in [-0.05, 0) is 51.5 Å². The molecule has 0 aliphatic rings. The molecule has 2 rings (SSSR count). The first-order chi connectivity index (χ1) is 13.3. The summed E-state index contributed by atoms with van der Waals surface area (Å²) in [5, 5.41) is 2.96. The molecule has 1 N–H and O–H groups in total. The van der Waals surface area contributed by atoms with Crippen LogP contribution in [0, 0.1) is 13.8 Å². The number of ether oxygens (including phenoxy) is 1. The van der Waals surface area contributed by atoms with E-state index in [9.17, 15) is 14.4 Å². The molecule has 0 spiro atoms. The normalized spacial score (nSPS) is 10.9. The molecule has 0 aliphatic heterocycles. The molecule has 0 unspecified atom stereocenters. The van der Waals surface area contributed by atoms with Gasteiger partial charge in [-0.15, -0.1) is 11.3 Å². The van der Waals surface area contributed by atoms with E-state index >= 15 is 0 Å². The molecule has 2 amide bonds. The van der Waals surface area contributed by atoms with E-state index in [2.05, 4.69) is 5.32 Å². The van der Waals surface area contributed by atoms with Gasteiger partial charge in [0, 0.05) is 19.2 Å². The minimum absolute atomic E-state index is 0.181. The first-order valence-corrected chi connectivity index (χ1v) is 9.70. The van der Waals surface area contributed by atoms with Crippen LogP contribution in [0.4, 0.5) is 5.00 Å². The molecule has 2 aromatic heterocycles. The Morgan fingerprint density at radius 1 is 1.21 bits per heavy atom. The van der Waals surface area contributed by atoms with Crippen LogP contribution in [0.2, 0.25) is 0 Å². The number of amides is 2. The SMILES string of the molecule is CCN(CC)C(=O)c1sc(NC(=O)C=Cc2ccc(C)o2)c(C(=O)OC)c1C. The molecule has 28 heavy (non-hydrogen) atoms. The average Bonchev–Trinajstić information content (AvgIpc) is 3.23. The van der Waals surface area contributed by atoms with E-state index in [1.807, 2.05) is 20.8 Å². The van der Waals surface area contributed by atoms with Crippen molar-refractivity contribution < 1.29 is 23.5 Å². The van der Waals surface area contributed by atoms with Crippen molar-refractivity contribution in [1.82, 2.24) is 4.90 Å². The minimum atomic E-state index is -0.603. The van der Waals surface area contributed by atoms with Crippen LogP contribution in [0.1, 0.15) is 51.0 Å². The summed E-state index contributed by atoms with van der Waals surface area (Å²) in [6.07, 6.45) is 2.84. The number of rotatable bonds is 7. The molecule has 0 aromatic carbocycles. The highest BCUT2D eigenvalue weighted by Crippen LogP contribution is 2.34. The zero-order chi connectivity index (χ0) is 20.8. The molecule has 2 heterocycles. The van der Waals surface area contributed by atoms with Crippen LogP contribution in [-0.2, 0) is 9.53 Å². The van der Waals surface area contributed by atoms with E-state index < -0.39 is 11.9 Å². The van der Waals surface area contributed by atoms with Crippen molar-refractivity contribution in [1.29, 1.82) is 0 Å². The van der Waals surface area contributed by atoms with Gasteiger partial charge in [0.25, 0.3) is 5.91 Å². The monoisotopic (exact) mass is 404 g/mol. The number of anilines is 1. The van der Waals surface area contributed by atoms with Crippen molar-refractivity contribution in [3.8, 4) is 0 Å². The Bertz CT molecular complexity index is 906. The summed E-state index contributed by atoms with van der Waals surface area (Å²) in [5.41, 5.74) is 0.688. The molecule has 0 atom stereocenters. The molecule has 0 bridgehead atoms. The van der Waals surface area contributed by atoms with Crippen LogP contribution in [-0.4, -0.2) is 42.9 Å². The largest absolute Gasteiger partial charge is 0.465 e. The number of methoxy groups -OCH3 is 1. The van der Waals surface area contributed by atoms with Crippen molar-refractivity contribution in [2.75, 3.05) is 25.5 Å². The number of esters is 1. The van der Waals surface area contributed by atoms with E-state index in [0.717, 1.165) is 17.1 Å². The van der Waals surface area contributed by atoms with Gasteiger partial charge in [0.1, 0.15) is 16.5 Å². The van der Waals surface area contributed by atoms with Crippen molar-refractivity contribution in [3.63, 3.8) is 0 Å². The Labute approximate surface area is 168 Å². The van der Waals surface area contributed by atoms with Crippen LogP contribution in [0.5, 0.6) is 0 Å². The number of carbonyl (C=O) groups is 3. The third-order valence-corrected chi connectivity index (χ3v) is 5.37. The van der Waals surface area contributed by atoms with Gasteiger partial charge in [-0.25, -0.2) is 4.79 Å². The Morgan fingerprint density at radius 2 is 1.89 bits per heavy atom. The summed E-state index contributed by atoms with van der Waals surface area (Å²) < 4.78 is 10.2. The number of carbonyl (C=O) groups excluding carboxylic acids is 3. The van der Waals surface area contributed by atoms with Crippen LogP contribution in [0.3, 0.4) is 0 Å². The standard InChI is InChI=1S/C20H24N2O5S/c1-6-22(7-2)19(24)17-13(4)16(20(25)26-5)18(28-17)21-15(23)11-10-14-9-8-12(3)27-14/h8-11H,6-7H2,1-5H3,(H,21,23). The smallest absolute Gasteiger partial charge is 0.341 e. The predicted octanol–water partition coefficient (Wildman–Crippen LogP) is 3.88. The van der Waals surface area contributed by atoms with Crippen LogP contribution in [0.15, 0.2) is 22.6 Å². The van der Waals surface area contributed by atoms with Gasteiger partial charge in [0.2, 0.25) is 5.91 Å². The lowest BCUT2D eigenvalue weighted by molar-refractivity contribution is -0.111. The Morgan fingerprint density at radius 3 is 2.43 bits per heavy atom. The first-order valence-electron chi connectivity index (χ1n) is 8.88. The molecule has 7 nitrogen and oxygen atoms in total. The lowest BCUT2D eigenvalue weighted by atomic mass is 10.1. The summed E-state index contributed by atoms with van der Waals surface area (Å²) in [7, 11) is 1.26. The second-order valence-electron chi connectivity index (χ2n) is 6.00. The molecular formula is C20H24N2O5S. The summed E-state index contributed by atoms with van der Waals surface area (Å²) in [5.74, 6) is 0.0532. The number of thiophene rings is 1. The Balaban J connectivity index is 2.32. The highest BCUT2D eigenvalue weighted by atomic mass is 32.1. The topological polar surface area (TPSA) is 88.9 Å². The second-order valence-corrected chi connectivity index (χ2v) is 7.02. The summed E-state index contributed by atoms with van der Waals surface area (Å²) in [6, 6.07) is 3.54. The molecule has 0 fully saturated rings. The minimum Gasteiger partial charge on any atom is -0.465 e. The molecule has 0 aliphatic carbocycles. The van der Waals surface area contributed by atoms with Gasteiger partial charge >= 0.3 is 5.97 Å². The second kappa shape index (κ2) is 9.36. The van der Waals surface area contributed by atoms with Gasteiger partial charge in [-0.2, -0.15) is 0 Å². The van der Waals surface area contributed by atoms with Gasteiger partial charge in [0.05, 0.1) is 17.6 Å². The number of furan rings is 1. The zero-order valence-corrected chi connectivity index (χ0v) is 17.4. The third kappa shape index (κ3) is 4.69. The molecule has 2 aromatic rings. The van der Waals surface area contributed by atoms with Crippen LogP contribution >= 0.6 is 11.3 Å². The fourth-order valence-electron chi connectivity index (χ4n) is 2.66. The van der Waals surface area contributed by atoms with Crippen molar-refractivity contribution in [3.05, 3.63) is 45.7 Å². The van der Waals surface area contributed by atoms with E-state index in [0.29, 0.717) is 29.3 Å². The number of nitrogens with zero attached hydrogens (tertiary/aromatic N) is 1. The zero-order valence-electron chi connectivity index (χ0n) is 16.6. The van der Waals surface area contributed by atoms with E-state index in [4.69, 9.17) is 9.15 Å². The quantitative estimate of drug-likeness (QED) is 0.559. The van der Waals surface area contributed by atoms with Crippen LogP contribution < -0.4 is 5.32 Å². The molecule has 0 radical (unpaired) electrons. The number of hydrogen-bond donors (Lipinski definition) is 1. The summed E-state index contributed by atoms with van der Waals surface area (Å²) >= 11 is 1.07. The van der Waals surface area contributed by atoms with Crippen molar-refractivity contribution in [2.24, 2.45) is 0 Å². The maximum atomic E-state index is 12.7. The Hall–Kier alpha value is -2.87. The molecule has 150 valence electrons. The molecule has 0 saturated carbocycles. The fraction of sp³-hybridized carbons (Fsp3) is 0.350. The first kappa shape index (κ1) is 21.4. The van der Waals surface area contributed by atoms with Gasteiger partial charge < -0.3 is 19.4 Å². The third-order valence-electron chi connectivity index (χ3n) is 4.18. The number of hydrogen-bond acceptors (Lipinski definition) is 6. The fourth-order valence-corrected chi connectivity index (χ4v) is 3.83. The Kier molecular flexibility index (Phi) is 7.17. The predicted molar refractivity (Wildman–Crippen MR) is 109 cm³/mol. The van der Waals surface area contributed by atoms with E-state index in [1.165, 1.54) is 19.3 Å². The lowest BCUT2D eigenvalue weighted by Crippen LogP contribution is -2.30. The summed E-state index contributed by atoms with van der Waals surface area (Å²) in [4.78, 5) is 39.4. The van der Waals surface area contributed by atoms with Crippen LogP contribution in [0.25, 0.3) is 6.08 Å². The highest BCUT2D eigenvalue weighted by Gasteiger charge is 2.27. The van der Waals surface area contributed by atoms with Gasteiger partial charge in [-0.3, -0.25) is 9.59 Å². The lowest BCUT2D eigenvalue weighted by Gasteiger charge is -2.17. The molecule has 0 saturated heterocycles. The van der Waals surface area contributed by atoms with Gasteiger partial charge in [0.15, 0.2) is 0 Å². The molecule has 8 heteroatoms. The number of aryl methyl sites for hydroxylation is 1. The van der Waals surface area contributed by atoms with Crippen molar-refractivity contribution in [2.45, 2.75) is 27.7 Å². The molecular weight excluding hydrogens is 380 g/mol. The average molecular weight is 404 g/mol. The number of nitrogens with one attached hydrogen (secondary N) is 1. The van der Waals surface area contributed by atoms with Crippen molar-refractivity contribution >= 4 is 40.2 Å². The van der Waals surface area contributed by atoms with Gasteiger partial charge in [-0.1, -0.05) is 0 Å². The highest BCUT2D eigenvalue weighted by molar-refractivity contribution is 7.18. The van der Waals surface area contributed by atoms with E-state index in [-0.39, 0.29) is 16.5 Å². The maximum Gasteiger partial charge on any atom is 0.341 e. The maximum absolute atomic E-state index is 12.7. The van der Waals surface area contributed by atoms with E-state index in [1.54, 1.807) is 24.0 Å². The summed E-state index contributed by atoms with van der Waals surface area (Å²) in [6.45, 7) is 8.35.